The molecule has 0 amide bonds. The van der Waals surface area contributed by atoms with Crippen LogP contribution in [0.1, 0.15) is 29.7 Å². The SMILES string of the molecule is C=C(CCC(=C)c1ncccc1C)c1ccc2[nH]ncc2c1. The van der Waals surface area contributed by atoms with E-state index < -0.39 is 0 Å². The molecule has 1 aromatic carbocycles. The average Bonchev–Trinajstić information content (AvgIpc) is 3.00. The van der Waals surface area contributed by atoms with Crippen LogP contribution in [0.4, 0.5) is 0 Å². The van der Waals surface area contributed by atoms with Gasteiger partial charge in [-0.05, 0) is 60.2 Å². The molecule has 0 radical (unpaired) electrons. The second-order valence-electron chi connectivity index (χ2n) is 5.55. The van der Waals surface area contributed by atoms with Gasteiger partial charge in [0.1, 0.15) is 0 Å². The van der Waals surface area contributed by atoms with Crippen LogP contribution in [0.15, 0.2) is 55.9 Å². The second-order valence-corrected chi connectivity index (χ2v) is 5.55. The van der Waals surface area contributed by atoms with Gasteiger partial charge in [-0.3, -0.25) is 10.1 Å². The first-order valence-electron chi connectivity index (χ1n) is 7.36. The Kier molecular flexibility index (Phi) is 3.88. The van der Waals surface area contributed by atoms with Crippen LogP contribution >= 0.6 is 0 Å². The summed E-state index contributed by atoms with van der Waals surface area (Å²) in [5.74, 6) is 0. The highest BCUT2D eigenvalue weighted by molar-refractivity contribution is 5.82. The van der Waals surface area contributed by atoms with Gasteiger partial charge in [0.2, 0.25) is 0 Å². The Bertz CT molecular complexity index is 843. The normalized spacial score (nSPS) is 10.8. The monoisotopic (exact) mass is 289 g/mol. The van der Waals surface area contributed by atoms with Crippen molar-refractivity contribution < 1.29 is 0 Å². The molecule has 0 bridgehead atoms. The van der Waals surface area contributed by atoms with Crippen LogP contribution < -0.4 is 0 Å². The van der Waals surface area contributed by atoms with E-state index in [0.717, 1.165) is 51.7 Å². The number of pyridine rings is 1. The van der Waals surface area contributed by atoms with Crippen molar-refractivity contribution in [2.45, 2.75) is 19.8 Å². The Balaban J connectivity index is 1.69. The summed E-state index contributed by atoms with van der Waals surface area (Å²) in [4.78, 5) is 4.42. The lowest BCUT2D eigenvalue weighted by atomic mass is 9.97. The smallest absolute Gasteiger partial charge is 0.0684 e. The van der Waals surface area contributed by atoms with Crippen molar-refractivity contribution in [3.63, 3.8) is 0 Å². The van der Waals surface area contributed by atoms with E-state index in [1.165, 1.54) is 0 Å². The molecule has 0 fully saturated rings. The Morgan fingerprint density at radius 1 is 1.14 bits per heavy atom. The molecule has 22 heavy (non-hydrogen) atoms. The molecule has 0 spiro atoms. The van der Waals surface area contributed by atoms with Crippen molar-refractivity contribution >= 4 is 22.0 Å². The van der Waals surface area contributed by atoms with Crippen molar-refractivity contribution in [3.8, 4) is 0 Å². The minimum absolute atomic E-state index is 0.861. The number of aromatic amines is 1. The molecule has 3 heteroatoms. The number of nitrogens with zero attached hydrogens (tertiary/aromatic N) is 2. The maximum atomic E-state index is 4.42. The lowest BCUT2D eigenvalue weighted by Crippen LogP contribution is -1.93. The fourth-order valence-electron chi connectivity index (χ4n) is 2.58. The van der Waals surface area contributed by atoms with Gasteiger partial charge in [-0.15, -0.1) is 0 Å². The van der Waals surface area contributed by atoms with Gasteiger partial charge in [-0.2, -0.15) is 5.10 Å². The van der Waals surface area contributed by atoms with Crippen LogP contribution in [0.2, 0.25) is 0 Å². The number of H-pyrrole nitrogens is 1. The number of allylic oxidation sites excluding steroid dienone is 2. The van der Waals surface area contributed by atoms with Gasteiger partial charge in [0.15, 0.2) is 0 Å². The maximum Gasteiger partial charge on any atom is 0.0684 e. The molecule has 2 aromatic heterocycles. The zero-order valence-electron chi connectivity index (χ0n) is 12.8. The van der Waals surface area contributed by atoms with Crippen LogP contribution in [-0.4, -0.2) is 15.2 Å². The van der Waals surface area contributed by atoms with E-state index in [2.05, 4.69) is 53.5 Å². The molecule has 3 nitrogen and oxygen atoms in total. The Labute approximate surface area is 130 Å². The summed E-state index contributed by atoms with van der Waals surface area (Å²) in [5.41, 5.74) is 6.53. The summed E-state index contributed by atoms with van der Waals surface area (Å²) >= 11 is 0. The first kappa shape index (κ1) is 14.3. The fraction of sp³-hybridized carbons (Fsp3) is 0.158. The largest absolute Gasteiger partial charge is 0.278 e. The lowest BCUT2D eigenvalue weighted by Gasteiger charge is -2.10. The van der Waals surface area contributed by atoms with E-state index in [1.807, 2.05) is 24.5 Å². The van der Waals surface area contributed by atoms with Crippen LogP contribution in [0, 0.1) is 6.92 Å². The number of aryl methyl sites for hydroxylation is 1. The number of nitrogens with one attached hydrogen (secondary N) is 1. The number of benzene rings is 1. The minimum atomic E-state index is 0.861. The fourth-order valence-corrected chi connectivity index (χ4v) is 2.58. The van der Waals surface area contributed by atoms with Gasteiger partial charge in [0.25, 0.3) is 0 Å². The molecule has 2 heterocycles. The third kappa shape index (κ3) is 2.84. The van der Waals surface area contributed by atoms with Crippen LogP contribution in [0.3, 0.4) is 0 Å². The highest BCUT2D eigenvalue weighted by Gasteiger charge is 2.07. The van der Waals surface area contributed by atoms with Crippen molar-refractivity contribution in [2.24, 2.45) is 0 Å². The zero-order valence-corrected chi connectivity index (χ0v) is 12.8. The summed E-state index contributed by atoms with van der Waals surface area (Å²) in [5, 5.41) is 8.12. The molecule has 0 aliphatic heterocycles. The molecule has 3 aromatic rings. The van der Waals surface area contributed by atoms with E-state index in [1.54, 1.807) is 0 Å². The van der Waals surface area contributed by atoms with E-state index in [-0.39, 0.29) is 0 Å². The molecule has 0 aliphatic rings. The molecule has 0 unspecified atom stereocenters. The van der Waals surface area contributed by atoms with Gasteiger partial charge in [0, 0.05) is 11.6 Å². The number of rotatable bonds is 5. The maximum absolute atomic E-state index is 4.42. The molecule has 0 saturated heterocycles. The van der Waals surface area contributed by atoms with E-state index in [4.69, 9.17) is 0 Å². The van der Waals surface area contributed by atoms with Crippen LogP contribution in [-0.2, 0) is 0 Å². The second kappa shape index (κ2) is 5.98. The van der Waals surface area contributed by atoms with Crippen molar-refractivity contribution in [2.75, 3.05) is 0 Å². The summed E-state index contributed by atoms with van der Waals surface area (Å²) in [6.07, 6.45) is 5.38. The average molecular weight is 289 g/mol. The van der Waals surface area contributed by atoms with Gasteiger partial charge in [-0.1, -0.05) is 25.3 Å². The molecule has 0 aliphatic carbocycles. The lowest BCUT2D eigenvalue weighted by molar-refractivity contribution is 1.06. The predicted molar refractivity (Wildman–Crippen MR) is 92.4 cm³/mol. The molecule has 0 atom stereocenters. The molecule has 3 rings (SSSR count). The highest BCUT2D eigenvalue weighted by Crippen LogP contribution is 2.26. The highest BCUT2D eigenvalue weighted by atomic mass is 15.1. The number of aromatic nitrogens is 3. The van der Waals surface area contributed by atoms with Crippen molar-refractivity contribution in [3.05, 3.63) is 72.7 Å². The topological polar surface area (TPSA) is 41.6 Å². The van der Waals surface area contributed by atoms with Gasteiger partial charge >= 0.3 is 0 Å². The summed E-state index contributed by atoms with van der Waals surface area (Å²) < 4.78 is 0. The van der Waals surface area contributed by atoms with Crippen LogP contribution in [0.5, 0.6) is 0 Å². The summed E-state index contributed by atoms with van der Waals surface area (Å²) in [6, 6.07) is 10.3. The zero-order chi connectivity index (χ0) is 15.5. The number of hydrogen-bond acceptors (Lipinski definition) is 2. The number of hydrogen-bond donors (Lipinski definition) is 1. The quantitative estimate of drug-likeness (QED) is 0.735. The Morgan fingerprint density at radius 3 is 2.77 bits per heavy atom. The first-order valence-corrected chi connectivity index (χ1v) is 7.36. The van der Waals surface area contributed by atoms with E-state index >= 15 is 0 Å². The third-order valence-electron chi connectivity index (χ3n) is 3.92. The van der Waals surface area contributed by atoms with E-state index in [0.29, 0.717) is 0 Å². The summed E-state index contributed by atoms with van der Waals surface area (Å²) in [6.45, 7) is 10.5. The van der Waals surface area contributed by atoms with Crippen molar-refractivity contribution in [1.29, 1.82) is 0 Å². The standard InChI is InChI=1S/C19H19N3/c1-13(16-8-9-18-17(11-16)12-21-22-18)6-7-15(3)19-14(2)5-4-10-20-19/h4-5,8-12H,1,3,6-7H2,2H3,(H,21,22). The molecular formula is C19H19N3. The predicted octanol–water partition coefficient (Wildman–Crippen LogP) is 4.77. The third-order valence-corrected chi connectivity index (χ3v) is 3.92. The van der Waals surface area contributed by atoms with Gasteiger partial charge < -0.3 is 0 Å². The first-order chi connectivity index (χ1) is 10.6. The van der Waals surface area contributed by atoms with Crippen LogP contribution in [0.25, 0.3) is 22.0 Å². The van der Waals surface area contributed by atoms with E-state index in [9.17, 15) is 0 Å². The Hall–Kier alpha value is -2.68. The minimum Gasteiger partial charge on any atom is -0.278 e. The molecule has 0 saturated carbocycles. The number of fused-ring (bicyclic) bond motifs is 1. The molecular weight excluding hydrogens is 270 g/mol. The van der Waals surface area contributed by atoms with Gasteiger partial charge in [0.05, 0.1) is 17.4 Å². The molecule has 110 valence electrons. The summed E-state index contributed by atoms with van der Waals surface area (Å²) in [7, 11) is 0. The van der Waals surface area contributed by atoms with Gasteiger partial charge in [-0.25, -0.2) is 0 Å². The molecule has 1 N–H and O–H groups in total. The van der Waals surface area contributed by atoms with Crippen molar-refractivity contribution in [1.82, 2.24) is 15.2 Å². The Morgan fingerprint density at radius 2 is 1.95 bits per heavy atom.